The zero-order valence-electron chi connectivity index (χ0n) is 13.7. The molecule has 2 aliphatic rings. The predicted octanol–water partition coefficient (Wildman–Crippen LogP) is 2.45. The first kappa shape index (κ1) is 17.3. The summed E-state index contributed by atoms with van der Waals surface area (Å²) in [5.41, 5.74) is -2.30. The van der Waals surface area contributed by atoms with E-state index in [4.69, 9.17) is 5.26 Å². The van der Waals surface area contributed by atoms with Gasteiger partial charge < -0.3 is 10.2 Å². The van der Waals surface area contributed by atoms with Gasteiger partial charge in [0.05, 0.1) is 22.9 Å². The molecule has 2 saturated heterocycles. The number of halogens is 3. The fourth-order valence-corrected chi connectivity index (χ4v) is 3.34. The highest BCUT2D eigenvalue weighted by atomic mass is 19.4. The Labute approximate surface area is 143 Å². The lowest BCUT2D eigenvalue weighted by Gasteiger charge is -2.35. The van der Waals surface area contributed by atoms with Gasteiger partial charge in [-0.15, -0.1) is 0 Å². The summed E-state index contributed by atoms with van der Waals surface area (Å²) in [6.07, 6.45) is -3.57. The molecule has 8 heteroatoms. The van der Waals surface area contributed by atoms with E-state index in [1.165, 1.54) is 17.0 Å². The third-order valence-electron chi connectivity index (χ3n) is 4.79. The van der Waals surface area contributed by atoms with Crippen LogP contribution in [0.5, 0.6) is 0 Å². The Morgan fingerprint density at radius 2 is 1.96 bits per heavy atom. The normalized spacial score (nSPS) is 20.7. The Hall–Kier alpha value is -2.53. The lowest BCUT2D eigenvalue weighted by Crippen LogP contribution is -2.53. The second-order valence-electron chi connectivity index (χ2n) is 6.44. The molecule has 0 atom stereocenters. The van der Waals surface area contributed by atoms with Crippen molar-refractivity contribution in [2.24, 2.45) is 0 Å². The number of rotatable bonds is 1. The molecule has 2 fully saturated rings. The number of nitrogens with zero attached hydrogens (tertiary/aromatic N) is 3. The molecule has 25 heavy (non-hydrogen) atoms. The zero-order chi connectivity index (χ0) is 18.4. The van der Waals surface area contributed by atoms with E-state index >= 15 is 0 Å². The molecule has 0 bridgehead atoms. The molecule has 1 aromatic rings. The van der Waals surface area contributed by atoms with E-state index in [2.05, 4.69) is 16.8 Å². The Bertz CT molecular complexity index is 773. The molecule has 0 radical (unpaired) electrons. The summed E-state index contributed by atoms with van der Waals surface area (Å²) in [5.74, 6) is -0.0455. The van der Waals surface area contributed by atoms with Gasteiger partial charge in [0, 0.05) is 13.1 Å². The molecule has 0 unspecified atom stereocenters. The van der Waals surface area contributed by atoms with Gasteiger partial charge in [-0.3, -0.25) is 9.69 Å². The molecule has 1 N–H and O–H groups in total. The first-order valence-electron chi connectivity index (χ1n) is 7.79. The van der Waals surface area contributed by atoms with Crippen molar-refractivity contribution in [1.82, 2.24) is 10.2 Å². The highest BCUT2D eigenvalue weighted by molar-refractivity contribution is 6.06. The zero-order valence-corrected chi connectivity index (χ0v) is 13.7. The number of benzene rings is 1. The van der Waals surface area contributed by atoms with Crippen LogP contribution in [0, 0.1) is 11.3 Å². The van der Waals surface area contributed by atoms with Gasteiger partial charge >= 0.3 is 6.18 Å². The molecule has 5 nitrogen and oxygen atoms in total. The SMILES string of the molecule is C=C1NC2(CCN(C)CC2)C(=O)N1c1ccc(C#N)c(C(F)(F)F)c1. The highest BCUT2D eigenvalue weighted by Crippen LogP contribution is 2.38. The third-order valence-corrected chi connectivity index (χ3v) is 4.79. The number of piperidine rings is 1. The van der Waals surface area contributed by atoms with Crippen LogP contribution >= 0.6 is 0 Å². The monoisotopic (exact) mass is 350 g/mol. The fraction of sp³-hybridized carbons (Fsp3) is 0.412. The molecule has 132 valence electrons. The number of amides is 1. The number of hydrogen-bond acceptors (Lipinski definition) is 4. The topological polar surface area (TPSA) is 59.4 Å². The molecule has 0 saturated carbocycles. The minimum Gasteiger partial charge on any atom is -0.357 e. The van der Waals surface area contributed by atoms with Gasteiger partial charge in [0.2, 0.25) is 0 Å². The number of carbonyl (C=O) groups is 1. The Morgan fingerprint density at radius 1 is 1.32 bits per heavy atom. The van der Waals surface area contributed by atoms with Crippen LogP contribution in [0.3, 0.4) is 0 Å². The number of alkyl halides is 3. The van der Waals surface area contributed by atoms with Crippen LogP contribution in [0.2, 0.25) is 0 Å². The third kappa shape index (κ3) is 2.85. The first-order chi connectivity index (χ1) is 11.7. The average molecular weight is 350 g/mol. The van der Waals surface area contributed by atoms with Crippen molar-refractivity contribution in [3.8, 4) is 6.07 Å². The Balaban J connectivity index is 1.99. The van der Waals surface area contributed by atoms with Crippen LogP contribution < -0.4 is 10.2 Å². The second-order valence-corrected chi connectivity index (χ2v) is 6.44. The van der Waals surface area contributed by atoms with Crippen molar-refractivity contribution in [1.29, 1.82) is 5.26 Å². The molecule has 1 spiro atoms. The van der Waals surface area contributed by atoms with Gasteiger partial charge in [0.15, 0.2) is 0 Å². The maximum atomic E-state index is 13.2. The lowest BCUT2D eigenvalue weighted by atomic mass is 9.87. The Morgan fingerprint density at radius 3 is 2.52 bits per heavy atom. The minimum atomic E-state index is -4.68. The van der Waals surface area contributed by atoms with Crippen LogP contribution in [0.25, 0.3) is 0 Å². The van der Waals surface area contributed by atoms with E-state index in [1.54, 1.807) is 0 Å². The van der Waals surface area contributed by atoms with Crippen molar-refractivity contribution in [3.05, 3.63) is 41.7 Å². The Kier molecular flexibility index (Phi) is 4.00. The highest BCUT2D eigenvalue weighted by Gasteiger charge is 2.50. The standard InChI is InChI=1S/C17H17F3N4O/c1-11-22-16(5-7-23(2)8-6-16)15(25)24(11)13-4-3-12(10-21)14(9-13)17(18,19)20/h3-4,9,22H,1,5-8H2,2H3. The smallest absolute Gasteiger partial charge is 0.357 e. The maximum absolute atomic E-state index is 13.2. The summed E-state index contributed by atoms with van der Waals surface area (Å²) in [4.78, 5) is 16.2. The van der Waals surface area contributed by atoms with E-state index in [1.807, 2.05) is 7.05 Å². The summed E-state index contributed by atoms with van der Waals surface area (Å²) in [7, 11) is 1.95. The summed E-state index contributed by atoms with van der Waals surface area (Å²) < 4.78 is 39.6. The van der Waals surface area contributed by atoms with Crippen LogP contribution in [-0.2, 0) is 11.0 Å². The van der Waals surface area contributed by atoms with Crippen molar-refractivity contribution in [3.63, 3.8) is 0 Å². The second kappa shape index (κ2) is 5.77. The number of hydrogen-bond donors (Lipinski definition) is 1. The maximum Gasteiger partial charge on any atom is 0.417 e. The summed E-state index contributed by atoms with van der Waals surface area (Å²) in [6, 6.07) is 4.79. The molecule has 2 heterocycles. The molecule has 3 rings (SSSR count). The number of nitrogens with one attached hydrogen (secondary N) is 1. The number of likely N-dealkylation sites (tertiary alicyclic amines) is 1. The quantitative estimate of drug-likeness (QED) is 0.845. The van der Waals surface area contributed by atoms with Gasteiger partial charge in [-0.2, -0.15) is 18.4 Å². The molecular weight excluding hydrogens is 333 g/mol. The van der Waals surface area contributed by atoms with Crippen LogP contribution in [0.1, 0.15) is 24.0 Å². The van der Waals surface area contributed by atoms with Crippen LogP contribution in [-0.4, -0.2) is 36.5 Å². The van der Waals surface area contributed by atoms with Gasteiger partial charge in [0.1, 0.15) is 11.4 Å². The molecular formula is C17H17F3N4O. The van der Waals surface area contributed by atoms with E-state index in [0.717, 1.165) is 12.1 Å². The number of carbonyl (C=O) groups excluding carboxylic acids is 1. The molecule has 1 amide bonds. The van der Waals surface area contributed by atoms with Crippen LogP contribution in [0.15, 0.2) is 30.6 Å². The number of anilines is 1. The molecule has 0 aliphatic carbocycles. The summed E-state index contributed by atoms with van der Waals surface area (Å²) >= 11 is 0. The van der Waals surface area contributed by atoms with Crippen molar-refractivity contribution >= 4 is 11.6 Å². The van der Waals surface area contributed by atoms with Crippen LogP contribution in [0.4, 0.5) is 18.9 Å². The van der Waals surface area contributed by atoms with E-state index in [0.29, 0.717) is 25.9 Å². The van der Waals surface area contributed by atoms with Crippen molar-refractivity contribution < 1.29 is 18.0 Å². The average Bonchev–Trinajstić information content (AvgIpc) is 2.79. The van der Waals surface area contributed by atoms with Gasteiger partial charge in [-0.05, 0) is 38.1 Å². The van der Waals surface area contributed by atoms with Gasteiger partial charge in [-0.25, -0.2) is 0 Å². The van der Waals surface area contributed by atoms with E-state index in [9.17, 15) is 18.0 Å². The van der Waals surface area contributed by atoms with Crippen molar-refractivity contribution in [2.75, 3.05) is 25.0 Å². The van der Waals surface area contributed by atoms with E-state index in [-0.39, 0.29) is 17.4 Å². The molecule has 0 aromatic heterocycles. The van der Waals surface area contributed by atoms with E-state index < -0.39 is 22.8 Å². The predicted molar refractivity (Wildman–Crippen MR) is 85.4 cm³/mol. The number of nitriles is 1. The summed E-state index contributed by atoms with van der Waals surface area (Å²) in [6.45, 7) is 5.22. The summed E-state index contributed by atoms with van der Waals surface area (Å²) in [5, 5.41) is 12.0. The first-order valence-corrected chi connectivity index (χ1v) is 7.79. The largest absolute Gasteiger partial charge is 0.417 e. The van der Waals surface area contributed by atoms with Gasteiger partial charge in [-0.1, -0.05) is 6.58 Å². The molecule has 2 aliphatic heterocycles. The molecule has 1 aromatic carbocycles. The van der Waals surface area contributed by atoms with Gasteiger partial charge in [0.25, 0.3) is 5.91 Å². The lowest BCUT2D eigenvalue weighted by molar-refractivity contribution is -0.137. The minimum absolute atomic E-state index is 0.0598. The van der Waals surface area contributed by atoms with Crippen molar-refractivity contribution in [2.45, 2.75) is 24.6 Å². The fourth-order valence-electron chi connectivity index (χ4n) is 3.34.